The summed E-state index contributed by atoms with van der Waals surface area (Å²) in [5.41, 5.74) is 0.184. The fourth-order valence-corrected chi connectivity index (χ4v) is 4.70. The zero-order valence-corrected chi connectivity index (χ0v) is 12.4. The van der Waals surface area contributed by atoms with Crippen LogP contribution in [0.15, 0.2) is 0 Å². The van der Waals surface area contributed by atoms with Crippen molar-refractivity contribution >= 4 is 11.8 Å². The van der Waals surface area contributed by atoms with Gasteiger partial charge in [0.05, 0.1) is 5.60 Å². The molecule has 4 heteroatoms. The van der Waals surface area contributed by atoms with Crippen LogP contribution in [-0.2, 0) is 9.47 Å². The van der Waals surface area contributed by atoms with Gasteiger partial charge in [0, 0.05) is 38.0 Å². The van der Waals surface area contributed by atoms with Crippen molar-refractivity contribution in [2.75, 3.05) is 31.3 Å². The van der Waals surface area contributed by atoms with Gasteiger partial charge in [-0.15, -0.1) is 0 Å². The molecule has 0 aromatic rings. The predicted molar refractivity (Wildman–Crippen MR) is 74.9 cm³/mol. The van der Waals surface area contributed by atoms with Crippen LogP contribution in [0, 0.1) is 5.41 Å². The zero-order valence-electron chi connectivity index (χ0n) is 11.6. The second-order valence-corrected chi connectivity index (χ2v) is 7.78. The van der Waals surface area contributed by atoms with Crippen LogP contribution in [-0.4, -0.2) is 42.6 Å². The second-order valence-electron chi connectivity index (χ2n) is 6.55. The third kappa shape index (κ3) is 2.11. The minimum atomic E-state index is -0.0435. The Bertz CT molecular complexity index is 307. The maximum atomic E-state index is 6.75. The summed E-state index contributed by atoms with van der Waals surface area (Å²) in [5, 5.41) is 3.72. The highest BCUT2D eigenvalue weighted by Crippen LogP contribution is 2.49. The smallest absolute Gasteiger partial charge is 0.121 e. The number of nitrogens with one attached hydrogen (secondary N) is 1. The number of hydrogen-bond donors (Lipinski definition) is 1. The van der Waals surface area contributed by atoms with Crippen LogP contribution in [0.4, 0.5) is 0 Å². The van der Waals surface area contributed by atoms with Gasteiger partial charge in [0.1, 0.15) is 5.72 Å². The SMILES string of the molecule is CC1(C)CNC2(CCSCC2)OC12CCOCC2. The van der Waals surface area contributed by atoms with E-state index < -0.39 is 0 Å². The van der Waals surface area contributed by atoms with Gasteiger partial charge in [0.15, 0.2) is 0 Å². The monoisotopic (exact) mass is 271 g/mol. The molecular weight excluding hydrogens is 246 g/mol. The molecule has 3 aliphatic rings. The Kier molecular flexibility index (Phi) is 3.42. The molecule has 0 atom stereocenters. The average molecular weight is 271 g/mol. The van der Waals surface area contributed by atoms with E-state index in [2.05, 4.69) is 30.9 Å². The molecule has 3 nitrogen and oxygen atoms in total. The van der Waals surface area contributed by atoms with Gasteiger partial charge in [-0.2, -0.15) is 11.8 Å². The van der Waals surface area contributed by atoms with Crippen molar-refractivity contribution in [3.63, 3.8) is 0 Å². The van der Waals surface area contributed by atoms with Crippen LogP contribution in [0.3, 0.4) is 0 Å². The lowest BCUT2D eigenvalue weighted by Gasteiger charge is -2.59. The molecule has 0 aromatic heterocycles. The highest BCUT2D eigenvalue weighted by atomic mass is 32.2. The Hall–Kier alpha value is 0.230. The van der Waals surface area contributed by atoms with Crippen LogP contribution in [0.25, 0.3) is 0 Å². The molecule has 0 radical (unpaired) electrons. The Morgan fingerprint density at radius 1 is 1.00 bits per heavy atom. The normalized spacial score (nSPS) is 33.7. The lowest BCUT2D eigenvalue weighted by molar-refractivity contribution is -0.276. The number of ether oxygens (including phenoxy) is 2. The standard InChI is InChI=1S/C14H25NO2S/c1-12(2)11-15-14(5-9-18-10-6-14)17-13(12)3-7-16-8-4-13/h15H,3-11H2,1-2H3. The van der Waals surface area contributed by atoms with Gasteiger partial charge < -0.3 is 9.47 Å². The van der Waals surface area contributed by atoms with Crippen molar-refractivity contribution in [2.45, 2.75) is 50.9 Å². The predicted octanol–water partition coefficient (Wildman–Crippen LogP) is 2.40. The van der Waals surface area contributed by atoms with Gasteiger partial charge >= 0.3 is 0 Å². The Morgan fingerprint density at radius 2 is 1.67 bits per heavy atom. The minimum absolute atomic E-state index is 0.0263. The molecule has 0 amide bonds. The Morgan fingerprint density at radius 3 is 2.33 bits per heavy atom. The largest absolute Gasteiger partial charge is 0.381 e. The Balaban J connectivity index is 1.84. The van der Waals surface area contributed by atoms with Gasteiger partial charge in [-0.25, -0.2) is 0 Å². The lowest BCUT2D eigenvalue weighted by Crippen LogP contribution is -2.69. The molecule has 0 aliphatic carbocycles. The number of rotatable bonds is 0. The molecule has 3 heterocycles. The number of thioether (sulfide) groups is 1. The first-order chi connectivity index (χ1) is 8.58. The molecule has 104 valence electrons. The molecule has 1 N–H and O–H groups in total. The molecule has 0 aromatic carbocycles. The summed E-state index contributed by atoms with van der Waals surface area (Å²) in [5.74, 6) is 2.44. The zero-order chi connectivity index (χ0) is 12.7. The molecule has 3 aliphatic heterocycles. The summed E-state index contributed by atoms with van der Waals surface area (Å²) in [4.78, 5) is 0. The summed E-state index contributed by atoms with van der Waals surface area (Å²) in [6, 6.07) is 0. The lowest BCUT2D eigenvalue weighted by atomic mass is 9.68. The summed E-state index contributed by atoms with van der Waals surface area (Å²) in [6.07, 6.45) is 4.40. The topological polar surface area (TPSA) is 30.5 Å². The highest BCUT2D eigenvalue weighted by molar-refractivity contribution is 7.99. The maximum absolute atomic E-state index is 6.75. The maximum Gasteiger partial charge on any atom is 0.121 e. The van der Waals surface area contributed by atoms with Crippen LogP contribution in [0.5, 0.6) is 0 Å². The molecule has 0 saturated carbocycles. The van der Waals surface area contributed by atoms with Crippen LogP contribution in [0.1, 0.15) is 39.5 Å². The first-order valence-electron chi connectivity index (χ1n) is 7.18. The van der Waals surface area contributed by atoms with E-state index in [0.29, 0.717) is 0 Å². The van der Waals surface area contributed by atoms with Crippen molar-refractivity contribution in [1.29, 1.82) is 0 Å². The third-order valence-electron chi connectivity index (χ3n) is 5.08. The fourth-order valence-electron chi connectivity index (χ4n) is 3.55. The van der Waals surface area contributed by atoms with Crippen LogP contribution in [0.2, 0.25) is 0 Å². The first kappa shape index (κ1) is 13.2. The second kappa shape index (κ2) is 4.65. The van der Waals surface area contributed by atoms with Gasteiger partial charge in [-0.1, -0.05) is 13.8 Å². The van der Waals surface area contributed by atoms with E-state index in [-0.39, 0.29) is 16.7 Å². The Labute approximate surface area is 114 Å². The van der Waals surface area contributed by atoms with E-state index in [1.165, 1.54) is 11.5 Å². The van der Waals surface area contributed by atoms with Gasteiger partial charge in [-0.05, 0) is 24.3 Å². The van der Waals surface area contributed by atoms with E-state index in [9.17, 15) is 0 Å². The third-order valence-corrected chi connectivity index (χ3v) is 6.06. The molecule has 2 spiro atoms. The molecule has 0 bridgehead atoms. The molecule has 0 unspecified atom stereocenters. The van der Waals surface area contributed by atoms with Crippen LogP contribution >= 0.6 is 11.8 Å². The molecule has 3 saturated heterocycles. The molecule has 3 rings (SSSR count). The molecule has 18 heavy (non-hydrogen) atoms. The van der Waals surface area contributed by atoms with E-state index in [1.807, 2.05) is 0 Å². The molecule has 3 fully saturated rings. The van der Waals surface area contributed by atoms with Crippen molar-refractivity contribution in [1.82, 2.24) is 5.32 Å². The van der Waals surface area contributed by atoms with E-state index in [1.54, 1.807) is 0 Å². The van der Waals surface area contributed by atoms with Gasteiger partial charge in [-0.3, -0.25) is 5.32 Å². The average Bonchev–Trinajstić information content (AvgIpc) is 2.38. The van der Waals surface area contributed by atoms with E-state index >= 15 is 0 Å². The summed E-state index contributed by atoms with van der Waals surface area (Å²) in [7, 11) is 0. The molecular formula is C14H25NO2S. The van der Waals surface area contributed by atoms with E-state index in [4.69, 9.17) is 9.47 Å². The summed E-state index contributed by atoms with van der Waals surface area (Å²) >= 11 is 2.05. The highest BCUT2D eigenvalue weighted by Gasteiger charge is 2.55. The van der Waals surface area contributed by atoms with Crippen LogP contribution < -0.4 is 5.32 Å². The minimum Gasteiger partial charge on any atom is -0.381 e. The van der Waals surface area contributed by atoms with E-state index in [0.717, 1.165) is 45.4 Å². The quantitative estimate of drug-likeness (QED) is 0.733. The van der Waals surface area contributed by atoms with Crippen molar-refractivity contribution in [2.24, 2.45) is 5.41 Å². The fraction of sp³-hybridized carbons (Fsp3) is 1.00. The van der Waals surface area contributed by atoms with Crippen molar-refractivity contribution < 1.29 is 9.47 Å². The summed E-state index contributed by atoms with van der Waals surface area (Å²) in [6.45, 7) is 7.46. The van der Waals surface area contributed by atoms with Crippen molar-refractivity contribution in [3.05, 3.63) is 0 Å². The van der Waals surface area contributed by atoms with Crippen molar-refractivity contribution in [3.8, 4) is 0 Å². The first-order valence-corrected chi connectivity index (χ1v) is 8.34. The van der Waals surface area contributed by atoms with Gasteiger partial charge in [0.25, 0.3) is 0 Å². The number of hydrogen-bond acceptors (Lipinski definition) is 4. The van der Waals surface area contributed by atoms with Gasteiger partial charge in [0.2, 0.25) is 0 Å². The summed E-state index contributed by atoms with van der Waals surface area (Å²) < 4.78 is 12.3.